The molecule has 0 aromatic rings. The second-order valence-corrected chi connectivity index (χ2v) is 3.93. The van der Waals surface area contributed by atoms with Crippen LogP contribution in [0.25, 0.3) is 0 Å². The van der Waals surface area contributed by atoms with Crippen molar-refractivity contribution >= 4 is 12.1 Å². The van der Waals surface area contributed by atoms with E-state index in [0.717, 1.165) is 25.8 Å². The Morgan fingerprint density at radius 3 is 2.62 bits per heavy atom. The molecule has 0 aromatic heterocycles. The Bertz CT molecular complexity index is 254. The molecule has 5 nitrogen and oxygen atoms in total. The lowest BCUT2D eigenvalue weighted by atomic mass is 9.98. The van der Waals surface area contributed by atoms with Gasteiger partial charge in [-0.25, -0.2) is 4.79 Å². The third kappa shape index (κ3) is 3.40. The Labute approximate surface area is 95.7 Å². The summed E-state index contributed by atoms with van der Waals surface area (Å²) in [7, 11) is 2.76. The zero-order valence-corrected chi connectivity index (χ0v) is 9.90. The third-order valence-corrected chi connectivity index (χ3v) is 2.95. The van der Waals surface area contributed by atoms with Crippen LogP contribution in [0, 0.1) is 0 Å². The molecule has 1 heterocycles. The van der Waals surface area contributed by atoms with Gasteiger partial charge in [0.1, 0.15) is 0 Å². The molecule has 16 heavy (non-hydrogen) atoms. The second kappa shape index (κ2) is 6.35. The molecule has 1 fully saturated rings. The molecule has 1 rings (SSSR count). The number of ether oxygens (including phenoxy) is 2. The highest BCUT2D eigenvalue weighted by Gasteiger charge is 2.27. The van der Waals surface area contributed by atoms with Crippen molar-refractivity contribution in [2.45, 2.75) is 38.1 Å². The first-order chi connectivity index (χ1) is 7.69. The van der Waals surface area contributed by atoms with Crippen LogP contribution in [0.5, 0.6) is 0 Å². The van der Waals surface area contributed by atoms with E-state index in [4.69, 9.17) is 4.74 Å². The van der Waals surface area contributed by atoms with E-state index in [-0.39, 0.29) is 18.1 Å². The molecule has 0 radical (unpaired) electrons. The van der Waals surface area contributed by atoms with E-state index in [2.05, 4.69) is 4.74 Å². The van der Waals surface area contributed by atoms with Gasteiger partial charge in [0.25, 0.3) is 0 Å². The fraction of sp³-hybridized carbons (Fsp3) is 0.818. The van der Waals surface area contributed by atoms with Gasteiger partial charge in [0.15, 0.2) is 0 Å². The van der Waals surface area contributed by atoms with Crippen LogP contribution in [0.4, 0.5) is 4.79 Å². The first-order valence-electron chi connectivity index (χ1n) is 5.60. The molecule has 0 bridgehead atoms. The van der Waals surface area contributed by atoms with Crippen LogP contribution >= 0.6 is 0 Å². The van der Waals surface area contributed by atoms with E-state index in [1.165, 1.54) is 14.2 Å². The van der Waals surface area contributed by atoms with E-state index in [9.17, 15) is 9.59 Å². The van der Waals surface area contributed by atoms with Gasteiger partial charge in [-0.1, -0.05) is 0 Å². The maximum atomic E-state index is 11.5. The summed E-state index contributed by atoms with van der Waals surface area (Å²) in [5.74, 6) is -0.226. The normalized spacial score (nSPS) is 20.4. The van der Waals surface area contributed by atoms with Crippen molar-refractivity contribution in [2.75, 3.05) is 20.8 Å². The zero-order chi connectivity index (χ0) is 12.0. The number of amides is 1. The molecular formula is C11H19NO4. The average Bonchev–Trinajstić information content (AvgIpc) is 2.35. The fourth-order valence-electron chi connectivity index (χ4n) is 2.04. The third-order valence-electron chi connectivity index (χ3n) is 2.95. The van der Waals surface area contributed by atoms with Crippen LogP contribution in [0.3, 0.4) is 0 Å². The number of nitrogens with zero attached hydrogens (tertiary/aromatic N) is 1. The van der Waals surface area contributed by atoms with Crippen LogP contribution < -0.4 is 0 Å². The molecule has 1 aliphatic heterocycles. The molecule has 1 amide bonds. The summed E-state index contributed by atoms with van der Waals surface area (Å²) < 4.78 is 9.31. The number of hydrogen-bond donors (Lipinski definition) is 0. The van der Waals surface area contributed by atoms with Gasteiger partial charge < -0.3 is 14.4 Å². The topological polar surface area (TPSA) is 55.8 Å². The maximum absolute atomic E-state index is 11.5. The Hall–Kier alpha value is -1.26. The highest BCUT2D eigenvalue weighted by Crippen LogP contribution is 2.21. The number of likely N-dealkylation sites (tertiary alicyclic amines) is 1. The van der Waals surface area contributed by atoms with Crippen molar-refractivity contribution in [1.82, 2.24) is 4.90 Å². The lowest BCUT2D eigenvalue weighted by Crippen LogP contribution is -2.43. The van der Waals surface area contributed by atoms with Crippen molar-refractivity contribution in [1.29, 1.82) is 0 Å². The van der Waals surface area contributed by atoms with Crippen molar-refractivity contribution in [3.05, 3.63) is 0 Å². The van der Waals surface area contributed by atoms with Gasteiger partial charge in [-0.2, -0.15) is 0 Å². The number of methoxy groups -OCH3 is 2. The maximum Gasteiger partial charge on any atom is 0.409 e. The van der Waals surface area contributed by atoms with Crippen LogP contribution in [-0.2, 0) is 14.3 Å². The van der Waals surface area contributed by atoms with E-state index >= 15 is 0 Å². The Morgan fingerprint density at radius 2 is 2.00 bits per heavy atom. The molecule has 0 N–H and O–H groups in total. The van der Waals surface area contributed by atoms with Crippen LogP contribution in [0.2, 0.25) is 0 Å². The Balaban J connectivity index is 2.47. The molecule has 0 spiro atoms. The summed E-state index contributed by atoms with van der Waals surface area (Å²) in [4.78, 5) is 24.2. The minimum Gasteiger partial charge on any atom is -0.469 e. The Kier molecular flexibility index (Phi) is 5.08. The monoisotopic (exact) mass is 229 g/mol. The molecule has 1 saturated heterocycles. The van der Waals surface area contributed by atoms with Crippen molar-refractivity contribution < 1.29 is 19.1 Å². The van der Waals surface area contributed by atoms with Gasteiger partial charge in [-0.15, -0.1) is 0 Å². The molecule has 0 aromatic carbocycles. The van der Waals surface area contributed by atoms with Gasteiger partial charge in [-0.05, 0) is 25.7 Å². The molecule has 1 atom stereocenters. The van der Waals surface area contributed by atoms with E-state index in [1.807, 2.05) is 0 Å². The summed E-state index contributed by atoms with van der Waals surface area (Å²) in [5, 5.41) is 0. The summed E-state index contributed by atoms with van der Waals surface area (Å²) in [6, 6.07) is 0.111. The average molecular weight is 229 g/mol. The van der Waals surface area contributed by atoms with Gasteiger partial charge in [0.05, 0.1) is 14.2 Å². The van der Waals surface area contributed by atoms with Crippen molar-refractivity contribution in [2.24, 2.45) is 0 Å². The number of carbonyl (C=O) groups excluding carboxylic acids is 2. The standard InChI is InChI=1S/C11H19NO4/c1-15-10(13)7-6-9-5-3-4-8-12(9)11(14)16-2/h9H,3-8H2,1-2H3. The van der Waals surface area contributed by atoms with Gasteiger partial charge in [0.2, 0.25) is 0 Å². The summed E-state index contributed by atoms with van der Waals surface area (Å²) in [5.41, 5.74) is 0. The minimum atomic E-state index is -0.297. The molecule has 5 heteroatoms. The minimum absolute atomic E-state index is 0.111. The molecule has 1 aliphatic rings. The first-order valence-corrected chi connectivity index (χ1v) is 5.60. The highest BCUT2D eigenvalue weighted by molar-refractivity contribution is 5.70. The molecule has 0 aliphatic carbocycles. The largest absolute Gasteiger partial charge is 0.469 e. The number of piperidine rings is 1. The molecular weight excluding hydrogens is 210 g/mol. The lowest BCUT2D eigenvalue weighted by Gasteiger charge is -2.34. The predicted molar refractivity (Wildman–Crippen MR) is 58.0 cm³/mol. The molecule has 0 saturated carbocycles. The summed E-state index contributed by atoms with van der Waals surface area (Å²) in [6.07, 6.45) is 3.75. The smallest absolute Gasteiger partial charge is 0.409 e. The van der Waals surface area contributed by atoms with Crippen LogP contribution in [0.1, 0.15) is 32.1 Å². The SMILES string of the molecule is COC(=O)CCC1CCCCN1C(=O)OC. The van der Waals surface area contributed by atoms with E-state index < -0.39 is 0 Å². The van der Waals surface area contributed by atoms with Crippen LogP contribution in [-0.4, -0.2) is 43.8 Å². The molecule has 92 valence electrons. The number of hydrogen-bond acceptors (Lipinski definition) is 4. The summed E-state index contributed by atoms with van der Waals surface area (Å²) >= 11 is 0. The van der Waals surface area contributed by atoms with Crippen molar-refractivity contribution in [3.63, 3.8) is 0 Å². The highest BCUT2D eigenvalue weighted by atomic mass is 16.5. The first kappa shape index (κ1) is 12.8. The summed E-state index contributed by atoms with van der Waals surface area (Å²) in [6.45, 7) is 0.721. The Morgan fingerprint density at radius 1 is 1.25 bits per heavy atom. The number of rotatable bonds is 3. The van der Waals surface area contributed by atoms with Gasteiger partial charge in [0, 0.05) is 19.0 Å². The number of esters is 1. The van der Waals surface area contributed by atoms with Gasteiger partial charge >= 0.3 is 12.1 Å². The quantitative estimate of drug-likeness (QED) is 0.689. The van der Waals surface area contributed by atoms with Crippen molar-refractivity contribution in [3.8, 4) is 0 Å². The predicted octanol–water partition coefficient (Wildman–Crippen LogP) is 1.56. The molecule has 1 unspecified atom stereocenters. The lowest BCUT2D eigenvalue weighted by molar-refractivity contribution is -0.141. The van der Waals surface area contributed by atoms with E-state index in [1.54, 1.807) is 4.90 Å². The second-order valence-electron chi connectivity index (χ2n) is 3.93. The fourth-order valence-corrected chi connectivity index (χ4v) is 2.04. The number of carbonyl (C=O) groups is 2. The van der Waals surface area contributed by atoms with Gasteiger partial charge in [-0.3, -0.25) is 4.79 Å². The van der Waals surface area contributed by atoms with E-state index in [0.29, 0.717) is 12.8 Å². The zero-order valence-electron chi connectivity index (χ0n) is 9.90. The van der Waals surface area contributed by atoms with Crippen LogP contribution in [0.15, 0.2) is 0 Å².